The zero-order valence-corrected chi connectivity index (χ0v) is 10.4. The van der Waals surface area contributed by atoms with Crippen molar-refractivity contribution in [1.29, 1.82) is 0 Å². The van der Waals surface area contributed by atoms with Crippen molar-refractivity contribution in [3.63, 3.8) is 0 Å². The molecular formula is C7H11BF3K. The molecule has 0 spiro atoms. The Morgan fingerprint density at radius 1 is 1.17 bits per heavy atom. The van der Waals surface area contributed by atoms with Gasteiger partial charge in [0.15, 0.2) is 0 Å². The average molecular weight is 202 g/mol. The van der Waals surface area contributed by atoms with Crippen LogP contribution in [0.15, 0.2) is 0 Å². The molecule has 0 heterocycles. The molecule has 0 aliphatic heterocycles. The van der Waals surface area contributed by atoms with Crippen LogP contribution in [0.1, 0.15) is 32.1 Å². The van der Waals surface area contributed by atoms with E-state index in [-0.39, 0.29) is 0 Å². The van der Waals surface area contributed by atoms with Gasteiger partial charge in [0.2, 0.25) is 0 Å². The maximum atomic E-state index is 9.67. The van der Waals surface area contributed by atoms with Crippen LogP contribution in [-0.4, -0.2) is 56.5 Å². The van der Waals surface area contributed by atoms with Gasteiger partial charge < -0.3 is 0 Å². The van der Waals surface area contributed by atoms with Crippen LogP contribution >= 0.6 is 0 Å². The van der Waals surface area contributed by atoms with Crippen molar-refractivity contribution in [2.24, 2.45) is 5.92 Å². The van der Waals surface area contributed by atoms with E-state index in [0.29, 0.717) is 0 Å². The third-order valence-electron chi connectivity index (χ3n) is 3.06. The van der Waals surface area contributed by atoms with E-state index < -0.39 is 7.54 Å². The number of halogens is 3. The fraction of sp³-hybridized carbons (Fsp3) is 1.00. The van der Waals surface area contributed by atoms with Gasteiger partial charge in [-0.05, 0) is 0 Å². The van der Waals surface area contributed by atoms with E-state index in [2.05, 4.69) is 0 Å². The number of hydrogen-bond acceptors (Lipinski definition) is 0. The SMILES string of the molecule is FB(F)F.[K][C]1(C2CC2)CCC1. The number of hydrogen-bond donors (Lipinski definition) is 0. The van der Waals surface area contributed by atoms with Crippen molar-refractivity contribution >= 4 is 56.5 Å². The summed E-state index contributed by atoms with van der Waals surface area (Å²) in [6.45, 7) is 0. The van der Waals surface area contributed by atoms with Gasteiger partial charge in [-0.15, -0.1) is 0 Å². The normalized spacial score (nSPS) is 25.1. The zero-order chi connectivity index (χ0) is 9.19. The molecule has 0 bridgehead atoms. The topological polar surface area (TPSA) is 0 Å². The molecule has 2 aliphatic rings. The summed E-state index contributed by atoms with van der Waals surface area (Å²) >= 11 is 1.14. The van der Waals surface area contributed by atoms with E-state index in [1.54, 1.807) is 32.1 Å². The van der Waals surface area contributed by atoms with Gasteiger partial charge in [0.25, 0.3) is 0 Å². The van der Waals surface area contributed by atoms with E-state index >= 15 is 0 Å². The van der Waals surface area contributed by atoms with Gasteiger partial charge in [-0.1, -0.05) is 0 Å². The first-order valence-corrected chi connectivity index (χ1v) is 6.03. The molecule has 0 atom stereocenters. The van der Waals surface area contributed by atoms with Crippen LogP contribution in [0.4, 0.5) is 12.9 Å². The summed E-state index contributed by atoms with van der Waals surface area (Å²) in [4.78, 5) is 0. The molecule has 0 aromatic heterocycles. The first-order chi connectivity index (χ1) is 5.54. The minimum absolute atomic E-state index is 1.02. The Balaban J connectivity index is 0.000000157. The predicted octanol–water partition coefficient (Wildman–Crippen LogP) is 2.79. The van der Waals surface area contributed by atoms with Crippen LogP contribution in [-0.2, 0) is 0 Å². The van der Waals surface area contributed by atoms with E-state index in [1.165, 1.54) is 5.92 Å². The first kappa shape index (κ1) is 11.6. The zero-order valence-electron chi connectivity index (χ0n) is 7.32. The van der Waals surface area contributed by atoms with Gasteiger partial charge >= 0.3 is 94.0 Å². The molecule has 0 aromatic rings. The van der Waals surface area contributed by atoms with Gasteiger partial charge in [0.05, 0.1) is 0 Å². The van der Waals surface area contributed by atoms with Gasteiger partial charge in [-0.25, -0.2) is 0 Å². The molecule has 2 saturated carbocycles. The fourth-order valence-corrected chi connectivity index (χ4v) is 3.93. The third kappa shape index (κ3) is 3.70. The van der Waals surface area contributed by atoms with Crippen molar-refractivity contribution in [3.8, 4) is 0 Å². The molecule has 64 valence electrons. The molecule has 5 heteroatoms. The Labute approximate surface area is 105 Å². The summed E-state index contributed by atoms with van der Waals surface area (Å²) in [5.41, 5.74) is 0. The summed E-state index contributed by atoms with van der Waals surface area (Å²) in [5.74, 6) is 1.23. The molecular weight excluding hydrogens is 191 g/mol. The minimum atomic E-state index is -3.67. The molecule has 0 aromatic carbocycles. The molecule has 0 unspecified atom stereocenters. The standard InChI is InChI=1S/C7H11.BF3.K/c1-2-6(3-1)7-4-5-7;2-1(3)4;/h7H,1-5H2;;. The third-order valence-corrected chi connectivity index (χ3v) is 5.90. The molecule has 0 radical (unpaired) electrons. The van der Waals surface area contributed by atoms with Crippen molar-refractivity contribution in [2.75, 3.05) is 0 Å². The van der Waals surface area contributed by atoms with Gasteiger partial charge in [-0.2, -0.15) is 0 Å². The molecule has 2 rings (SSSR count). The number of rotatable bonds is 1. The molecule has 0 saturated heterocycles. The van der Waals surface area contributed by atoms with Crippen LogP contribution in [0.25, 0.3) is 0 Å². The first-order valence-electron chi connectivity index (χ1n) is 4.47. The van der Waals surface area contributed by atoms with Crippen molar-refractivity contribution in [3.05, 3.63) is 0 Å². The molecule has 12 heavy (non-hydrogen) atoms. The second kappa shape index (κ2) is 4.82. The van der Waals surface area contributed by atoms with Gasteiger partial charge in [0, 0.05) is 0 Å². The van der Waals surface area contributed by atoms with Crippen LogP contribution in [0.3, 0.4) is 0 Å². The van der Waals surface area contributed by atoms with E-state index in [1.807, 2.05) is 0 Å². The molecule has 2 fully saturated rings. The van der Waals surface area contributed by atoms with E-state index in [4.69, 9.17) is 0 Å². The summed E-state index contributed by atoms with van der Waals surface area (Å²) in [5, 5.41) is 0. The second-order valence-electron chi connectivity index (χ2n) is 4.03. The summed E-state index contributed by atoms with van der Waals surface area (Å²) in [6, 6.07) is 0. The quantitative estimate of drug-likeness (QED) is 0.573. The van der Waals surface area contributed by atoms with E-state index in [9.17, 15) is 12.9 Å². The second-order valence-corrected chi connectivity index (χ2v) is 7.14. The average Bonchev–Trinajstić information content (AvgIpc) is 2.62. The molecule has 0 amide bonds. The Kier molecular flexibility index (Phi) is 4.65. The summed E-state index contributed by atoms with van der Waals surface area (Å²) in [7, 11) is -3.67. The Morgan fingerprint density at radius 3 is 1.67 bits per heavy atom. The van der Waals surface area contributed by atoms with Crippen LogP contribution in [0.2, 0.25) is -0.490 Å². The Bertz CT molecular complexity index is 143. The molecule has 2 aliphatic carbocycles. The summed E-state index contributed by atoms with van der Waals surface area (Å²) in [6.07, 6.45) is 7.94. The van der Waals surface area contributed by atoms with Crippen LogP contribution < -0.4 is 0 Å². The predicted molar refractivity (Wildman–Crippen MR) is 44.1 cm³/mol. The Morgan fingerprint density at radius 2 is 1.58 bits per heavy atom. The molecule has 0 nitrogen and oxygen atoms in total. The van der Waals surface area contributed by atoms with Crippen molar-refractivity contribution in [1.82, 2.24) is 0 Å². The fourth-order valence-electron chi connectivity index (χ4n) is 1.92. The maximum absolute atomic E-state index is 9.67. The Hall–Kier alpha value is 1.49. The van der Waals surface area contributed by atoms with Crippen LogP contribution in [0, 0.1) is 5.92 Å². The van der Waals surface area contributed by atoms with Crippen LogP contribution in [0.5, 0.6) is 0 Å². The van der Waals surface area contributed by atoms with Gasteiger partial charge in [-0.3, -0.25) is 12.9 Å². The summed E-state index contributed by atoms with van der Waals surface area (Å²) < 4.78 is 30.0. The van der Waals surface area contributed by atoms with Crippen molar-refractivity contribution < 1.29 is 12.9 Å². The van der Waals surface area contributed by atoms with Gasteiger partial charge in [0.1, 0.15) is 0 Å². The van der Waals surface area contributed by atoms with Crippen molar-refractivity contribution in [2.45, 2.75) is 31.6 Å². The van der Waals surface area contributed by atoms with E-state index in [0.717, 1.165) is 48.5 Å². The molecule has 0 N–H and O–H groups in total. The monoisotopic (exact) mass is 202 g/mol.